The summed E-state index contributed by atoms with van der Waals surface area (Å²) >= 11 is 6.12. The number of nitrogens with zero attached hydrogens (tertiary/aromatic N) is 1. The number of carbonyl (C=O) groups excluding carboxylic acids is 2. The average Bonchev–Trinajstić information content (AvgIpc) is 2.78. The monoisotopic (exact) mass is 460 g/mol. The second-order valence-corrected chi connectivity index (χ2v) is 8.59. The van der Waals surface area contributed by atoms with E-state index < -0.39 is 6.04 Å². The molecule has 0 aromatic heterocycles. The number of benzene rings is 2. The summed E-state index contributed by atoms with van der Waals surface area (Å²) in [6.07, 6.45) is 0.781. The van der Waals surface area contributed by atoms with Crippen LogP contribution in [0.5, 0.6) is 11.5 Å². The molecule has 2 rings (SSSR count). The first kappa shape index (κ1) is 25.5. The lowest BCUT2D eigenvalue weighted by atomic mass is 10.1. The minimum atomic E-state index is -0.606. The van der Waals surface area contributed by atoms with Gasteiger partial charge in [0.05, 0.1) is 14.2 Å². The Kier molecular flexibility index (Phi) is 9.85. The lowest BCUT2D eigenvalue weighted by Crippen LogP contribution is -2.48. The summed E-state index contributed by atoms with van der Waals surface area (Å²) in [6.45, 7) is 6.69. The van der Waals surface area contributed by atoms with Crippen LogP contribution < -0.4 is 14.8 Å². The Labute approximate surface area is 195 Å². The molecule has 2 aromatic rings. The molecular formula is C25H33ClN2O4. The van der Waals surface area contributed by atoms with Gasteiger partial charge in [0.25, 0.3) is 0 Å². The number of aryl methyl sites for hydroxylation is 1. The van der Waals surface area contributed by atoms with Gasteiger partial charge in [0.15, 0.2) is 11.5 Å². The Bertz CT molecular complexity index is 917. The molecule has 0 radical (unpaired) electrons. The van der Waals surface area contributed by atoms with Crippen LogP contribution in [0.25, 0.3) is 0 Å². The van der Waals surface area contributed by atoms with Crippen LogP contribution in [0, 0.1) is 5.92 Å². The largest absolute Gasteiger partial charge is 0.493 e. The van der Waals surface area contributed by atoms with Crippen molar-refractivity contribution >= 4 is 23.4 Å². The van der Waals surface area contributed by atoms with Gasteiger partial charge >= 0.3 is 0 Å². The molecule has 32 heavy (non-hydrogen) atoms. The van der Waals surface area contributed by atoms with E-state index in [1.165, 1.54) is 0 Å². The molecule has 1 N–H and O–H groups in total. The van der Waals surface area contributed by atoms with Crippen LogP contribution in [0.4, 0.5) is 0 Å². The van der Waals surface area contributed by atoms with E-state index in [1.54, 1.807) is 32.1 Å². The molecule has 0 unspecified atom stereocenters. The van der Waals surface area contributed by atoms with E-state index in [9.17, 15) is 9.59 Å². The first-order valence-electron chi connectivity index (χ1n) is 10.8. The number of rotatable bonds is 11. The van der Waals surface area contributed by atoms with Crippen molar-refractivity contribution in [1.82, 2.24) is 10.2 Å². The van der Waals surface area contributed by atoms with Gasteiger partial charge in [-0.2, -0.15) is 0 Å². The molecule has 0 bridgehead atoms. The minimum Gasteiger partial charge on any atom is -0.493 e. The molecule has 0 aliphatic heterocycles. The van der Waals surface area contributed by atoms with E-state index in [2.05, 4.69) is 5.32 Å². The molecule has 0 aliphatic rings. The summed E-state index contributed by atoms with van der Waals surface area (Å²) in [5, 5.41) is 3.52. The Hall–Kier alpha value is -2.73. The normalized spacial score (nSPS) is 11.7. The molecule has 0 aliphatic carbocycles. The van der Waals surface area contributed by atoms with Gasteiger partial charge in [0.2, 0.25) is 11.8 Å². The number of halogens is 1. The Balaban J connectivity index is 2.16. The maximum Gasteiger partial charge on any atom is 0.242 e. The van der Waals surface area contributed by atoms with Crippen LogP contribution in [0.3, 0.4) is 0 Å². The van der Waals surface area contributed by atoms with Gasteiger partial charge in [-0.1, -0.05) is 43.6 Å². The zero-order chi connectivity index (χ0) is 23.7. The smallest absolute Gasteiger partial charge is 0.242 e. The molecule has 6 nitrogen and oxygen atoms in total. The molecule has 7 heteroatoms. The van der Waals surface area contributed by atoms with E-state index in [0.717, 1.165) is 11.1 Å². The maximum atomic E-state index is 13.2. The lowest BCUT2D eigenvalue weighted by Gasteiger charge is -2.29. The zero-order valence-electron chi connectivity index (χ0n) is 19.5. The summed E-state index contributed by atoms with van der Waals surface area (Å²) in [5.74, 6) is 1.32. The quantitative estimate of drug-likeness (QED) is 0.536. The van der Waals surface area contributed by atoms with Crippen molar-refractivity contribution in [3.05, 3.63) is 58.6 Å². The van der Waals surface area contributed by atoms with Gasteiger partial charge in [-0.3, -0.25) is 9.59 Å². The van der Waals surface area contributed by atoms with Gasteiger partial charge in [-0.15, -0.1) is 0 Å². The molecule has 174 valence electrons. The maximum absolute atomic E-state index is 13.2. The number of hydrogen-bond acceptors (Lipinski definition) is 4. The Morgan fingerprint density at radius 2 is 1.72 bits per heavy atom. The third-order valence-corrected chi connectivity index (χ3v) is 5.40. The number of amides is 2. The van der Waals surface area contributed by atoms with Crippen LogP contribution in [-0.4, -0.2) is 43.5 Å². The van der Waals surface area contributed by atoms with E-state index >= 15 is 0 Å². The van der Waals surface area contributed by atoms with Crippen LogP contribution in [0.2, 0.25) is 5.02 Å². The second kappa shape index (κ2) is 12.3. The molecule has 1 atom stereocenters. The summed E-state index contributed by atoms with van der Waals surface area (Å²) in [4.78, 5) is 27.6. The van der Waals surface area contributed by atoms with Gasteiger partial charge in [0.1, 0.15) is 6.04 Å². The third-order valence-electron chi connectivity index (χ3n) is 5.17. The highest BCUT2D eigenvalue weighted by molar-refractivity contribution is 6.30. The van der Waals surface area contributed by atoms with Crippen molar-refractivity contribution < 1.29 is 19.1 Å². The predicted molar refractivity (Wildman–Crippen MR) is 127 cm³/mol. The van der Waals surface area contributed by atoms with E-state index in [4.69, 9.17) is 21.1 Å². The van der Waals surface area contributed by atoms with Crippen molar-refractivity contribution in [3.8, 4) is 11.5 Å². The first-order valence-corrected chi connectivity index (χ1v) is 11.2. The van der Waals surface area contributed by atoms with Gasteiger partial charge in [0, 0.05) is 24.5 Å². The van der Waals surface area contributed by atoms with E-state index in [-0.39, 0.29) is 18.2 Å². The molecular weight excluding hydrogens is 428 g/mol. The average molecular weight is 461 g/mol. The molecule has 0 heterocycles. The van der Waals surface area contributed by atoms with Crippen LogP contribution in [0.15, 0.2) is 42.5 Å². The fourth-order valence-electron chi connectivity index (χ4n) is 3.30. The number of methoxy groups -OCH3 is 2. The number of ether oxygens (including phenoxy) is 2. The SMILES string of the molecule is COc1ccc(CCC(=O)N(Cc2cccc(Cl)c2)[C@@H](C)C(=O)NCC(C)C)cc1OC. The second-order valence-electron chi connectivity index (χ2n) is 8.16. The minimum absolute atomic E-state index is 0.105. The fourth-order valence-corrected chi connectivity index (χ4v) is 3.51. The van der Waals surface area contributed by atoms with Crippen molar-refractivity contribution in [3.63, 3.8) is 0 Å². The van der Waals surface area contributed by atoms with Crippen molar-refractivity contribution in [1.29, 1.82) is 0 Å². The first-order chi connectivity index (χ1) is 15.2. The summed E-state index contributed by atoms with van der Waals surface area (Å²) in [6, 6.07) is 12.3. The fraction of sp³-hybridized carbons (Fsp3) is 0.440. The molecule has 2 amide bonds. The van der Waals surface area contributed by atoms with Gasteiger partial charge in [-0.25, -0.2) is 0 Å². The molecule has 0 fully saturated rings. The standard InChI is InChI=1S/C25H33ClN2O4/c1-17(2)15-27-25(30)18(3)28(16-20-7-6-8-21(26)13-20)24(29)12-10-19-9-11-22(31-4)23(14-19)32-5/h6-9,11,13-14,17-18H,10,12,15-16H2,1-5H3,(H,27,30)/t18-/m0/s1. The molecule has 2 aromatic carbocycles. The number of nitrogens with one attached hydrogen (secondary N) is 1. The topological polar surface area (TPSA) is 67.9 Å². The van der Waals surface area contributed by atoms with Crippen molar-refractivity contribution in [2.24, 2.45) is 5.92 Å². The Morgan fingerprint density at radius 3 is 2.34 bits per heavy atom. The number of carbonyl (C=O) groups is 2. The number of hydrogen-bond donors (Lipinski definition) is 1. The summed E-state index contributed by atoms with van der Waals surface area (Å²) in [5.41, 5.74) is 1.83. The van der Waals surface area contributed by atoms with Gasteiger partial charge < -0.3 is 19.7 Å². The molecule has 0 saturated carbocycles. The predicted octanol–water partition coefficient (Wildman–Crippen LogP) is 4.48. The lowest BCUT2D eigenvalue weighted by molar-refractivity contribution is -0.140. The highest BCUT2D eigenvalue weighted by Crippen LogP contribution is 2.28. The van der Waals surface area contributed by atoms with Crippen molar-refractivity contribution in [2.45, 2.75) is 46.2 Å². The highest BCUT2D eigenvalue weighted by Gasteiger charge is 2.26. The third kappa shape index (κ3) is 7.45. The van der Waals surface area contributed by atoms with Crippen LogP contribution in [-0.2, 0) is 22.6 Å². The van der Waals surface area contributed by atoms with Crippen LogP contribution in [0.1, 0.15) is 38.3 Å². The van der Waals surface area contributed by atoms with E-state index in [0.29, 0.717) is 41.9 Å². The zero-order valence-corrected chi connectivity index (χ0v) is 20.2. The van der Waals surface area contributed by atoms with E-state index in [1.807, 2.05) is 50.2 Å². The molecule has 0 saturated heterocycles. The van der Waals surface area contributed by atoms with Gasteiger partial charge in [-0.05, 0) is 54.7 Å². The Morgan fingerprint density at radius 1 is 1.00 bits per heavy atom. The summed E-state index contributed by atoms with van der Waals surface area (Å²) in [7, 11) is 3.16. The summed E-state index contributed by atoms with van der Waals surface area (Å²) < 4.78 is 10.6. The highest BCUT2D eigenvalue weighted by atomic mass is 35.5. The van der Waals surface area contributed by atoms with Crippen LogP contribution >= 0.6 is 11.6 Å². The van der Waals surface area contributed by atoms with Crippen molar-refractivity contribution in [2.75, 3.05) is 20.8 Å². The molecule has 0 spiro atoms.